The van der Waals surface area contributed by atoms with E-state index in [1.807, 2.05) is 12.1 Å². The minimum atomic E-state index is 1.01. The Morgan fingerprint density at radius 2 is 1.20 bits per heavy atom. The van der Waals surface area contributed by atoms with Crippen molar-refractivity contribution >= 4 is 18.7 Å². The molecule has 0 aliphatic heterocycles. The molecule has 0 fully saturated rings. The lowest BCUT2D eigenvalue weighted by Crippen LogP contribution is -2.19. The first-order valence-electron chi connectivity index (χ1n) is 3.22. The minimum Gasteiger partial charge on any atom is -0.0912 e. The van der Waals surface area contributed by atoms with E-state index >= 15 is 0 Å². The van der Waals surface area contributed by atoms with Gasteiger partial charge in [-0.3, -0.25) is 0 Å². The molecule has 1 aromatic rings. The maximum atomic E-state index is 3.86. The lowest BCUT2D eigenvalue weighted by Gasteiger charge is -1.78. The van der Waals surface area contributed by atoms with E-state index in [4.69, 9.17) is 0 Å². The van der Waals surface area contributed by atoms with Crippen molar-refractivity contribution in [3.8, 4) is 0 Å². The van der Waals surface area contributed by atoms with Gasteiger partial charge in [0.1, 0.15) is 0 Å². The first kappa shape index (κ1) is 5.48. The fourth-order valence-corrected chi connectivity index (χ4v) is 1.12. The molecule has 0 heterocycles. The number of fused-ring (bicyclic) bond motifs is 1. The third-order valence-corrected chi connectivity index (χ3v) is 1.93. The van der Waals surface area contributed by atoms with Gasteiger partial charge in [-0.15, -0.1) is 0 Å². The van der Waals surface area contributed by atoms with E-state index in [1.54, 1.807) is 0 Å². The minimum absolute atomic E-state index is 1.01. The molecule has 0 aromatic heterocycles. The monoisotopic (exact) mass is 128 g/mol. The molecule has 1 aliphatic carbocycles. The van der Waals surface area contributed by atoms with Crippen molar-refractivity contribution in [3.63, 3.8) is 0 Å². The van der Waals surface area contributed by atoms with E-state index in [-0.39, 0.29) is 0 Å². The predicted octanol–water partition coefficient (Wildman–Crippen LogP) is 0.882. The van der Waals surface area contributed by atoms with Crippen LogP contribution in [0.5, 0.6) is 0 Å². The van der Waals surface area contributed by atoms with Gasteiger partial charge in [-0.2, -0.15) is 0 Å². The second-order valence-electron chi connectivity index (χ2n) is 2.65. The summed E-state index contributed by atoms with van der Waals surface area (Å²) in [7, 11) is 0. The summed E-state index contributed by atoms with van der Waals surface area (Å²) in [5.41, 5.74) is 3.68. The number of rotatable bonds is 0. The third kappa shape index (κ3) is 0.508. The van der Waals surface area contributed by atoms with Crippen LogP contribution in [0.3, 0.4) is 0 Å². The van der Waals surface area contributed by atoms with E-state index in [2.05, 4.69) is 19.7 Å². The molecule has 0 amide bonds. The quantitative estimate of drug-likeness (QED) is 0.494. The highest BCUT2D eigenvalue weighted by Crippen LogP contribution is 2.37. The van der Waals surface area contributed by atoms with Gasteiger partial charge in [0.15, 0.2) is 0 Å². The SMILES string of the molecule is C=C1c2cc(=C)c(=C)cc21. The summed E-state index contributed by atoms with van der Waals surface area (Å²) in [5, 5.41) is 2.02. The molecular formula is C10H8. The van der Waals surface area contributed by atoms with Gasteiger partial charge < -0.3 is 0 Å². The molecule has 48 valence electrons. The smallest absolute Gasteiger partial charge is 0.00990 e. The van der Waals surface area contributed by atoms with Crippen LogP contribution in [-0.4, -0.2) is 0 Å². The van der Waals surface area contributed by atoms with Crippen molar-refractivity contribution in [1.82, 2.24) is 0 Å². The molecule has 1 aliphatic rings. The lowest BCUT2D eigenvalue weighted by atomic mass is 10.3. The summed E-state index contributed by atoms with van der Waals surface area (Å²) in [6.07, 6.45) is 0. The number of hydrogen-bond donors (Lipinski definition) is 0. The maximum absolute atomic E-state index is 3.86. The molecule has 2 rings (SSSR count). The maximum Gasteiger partial charge on any atom is -0.00990 e. The molecule has 0 radical (unpaired) electrons. The van der Waals surface area contributed by atoms with Crippen molar-refractivity contribution in [2.24, 2.45) is 0 Å². The van der Waals surface area contributed by atoms with Gasteiger partial charge in [-0.05, 0) is 39.3 Å². The highest BCUT2D eigenvalue weighted by atomic mass is 14.2. The Hall–Kier alpha value is -1.30. The predicted molar refractivity (Wildman–Crippen MR) is 44.9 cm³/mol. The highest BCUT2D eigenvalue weighted by molar-refractivity contribution is 5.98. The van der Waals surface area contributed by atoms with Crippen LogP contribution in [0.4, 0.5) is 0 Å². The molecule has 0 nitrogen and oxygen atoms in total. The summed E-state index contributed by atoms with van der Waals surface area (Å²) >= 11 is 0. The fraction of sp³-hybridized carbons (Fsp3) is 0. The Kier molecular flexibility index (Phi) is 0.769. The summed E-state index contributed by atoms with van der Waals surface area (Å²) in [6, 6.07) is 4.08. The van der Waals surface area contributed by atoms with Gasteiger partial charge in [0.25, 0.3) is 0 Å². The Labute approximate surface area is 59.8 Å². The Morgan fingerprint density at radius 1 is 0.800 bits per heavy atom. The van der Waals surface area contributed by atoms with E-state index in [1.165, 1.54) is 11.1 Å². The Morgan fingerprint density at radius 3 is 1.60 bits per heavy atom. The Bertz CT molecular complexity index is 371. The van der Waals surface area contributed by atoms with Gasteiger partial charge in [0, 0.05) is 0 Å². The zero-order chi connectivity index (χ0) is 7.30. The van der Waals surface area contributed by atoms with Crippen LogP contribution in [0.1, 0.15) is 11.1 Å². The molecule has 0 atom stereocenters. The second kappa shape index (κ2) is 1.40. The zero-order valence-electron chi connectivity index (χ0n) is 5.78. The highest BCUT2D eigenvalue weighted by Gasteiger charge is 2.20. The van der Waals surface area contributed by atoms with Crippen molar-refractivity contribution in [1.29, 1.82) is 0 Å². The molecule has 1 aromatic carbocycles. The molecule has 0 N–H and O–H groups in total. The molecule has 0 spiro atoms. The standard InChI is InChI=1S/C10H8/c1-6-4-9-8(3)10(9)5-7(6)2/h4-5H,1-3H2. The Balaban J connectivity index is 2.93. The van der Waals surface area contributed by atoms with Crippen LogP contribution in [0.2, 0.25) is 0 Å². The van der Waals surface area contributed by atoms with Crippen molar-refractivity contribution in [3.05, 3.63) is 40.3 Å². The molecular weight excluding hydrogens is 120 g/mol. The summed E-state index contributed by atoms with van der Waals surface area (Å²) in [5.74, 6) is 0. The summed E-state index contributed by atoms with van der Waals surface area (Å²) in [6.45, 7) is 11.6. The van der Waals surface area contributed by atoms with Crippen molar-refractivity contribution in [2.45, 2.75) is 0 Å². The molecule has 10 heavy (non-hydrogen) atoms. The fourth-order valence-electron chi connectivity index (χ4n) is 1.12. The van der Waals surface area contributed by atoms with Crippen LogP contribution in [0.15, 0.2) is 18.7 Å². The van der Waals surface area contributed by atoms with Gasteiger partial charge in [0.05, 0.1) is 0 Å². The van der Waals surface area contributed by atoms with Gasteiger partial charge >= 0.3 is 0 Å². The molecule has 0 saturated carbocycles. The first-order valence-corrected chi connectivity index (χ1v) is 3.22. The molecule has 0 unspecified atom stereocenters. The molecule has 0 bridgehead atoms. The number of hydrogen-bond acceptors (Lipinski definition) is 0. The number of benzene rings is 1. The second-order valence-corrected chi connectivity index (χ2v) is 2.65. The van der Waals surface area contributed by atoms with E-state index in [0.29, 0.717) is 0 Å². The van der Waals surface area contributed by atoms with E-state index in [9.17, 15) is 0 Å². The van der Waals surface area contributed by atoms with Crippen molar-refractivity contribution in [2.75, 3.05) is 0 Å². The van der Waals surface area contributed by atoms with Crippen LogP contribution in [0.25, 0.3) is 18.7 Å². The first-order chi connectivity index (χ1) is 4.70. The van der Waals surface area contributed by atoms with E-state index < -0.39 is 0 Å². The average Bonchev–Trinajstić information content (AvgIpc) is 2.46. The largest absolute Gasteiger partial charge is 0.0912 e. The molecule has 0 saturated heterocycles. The normalized spacial score (nSPS) is 13.0. The van der Waals surface area contributed by atoms with Crippen LogP contribution in [0, 0.1) is 0 Å². The lowest BCUT2D eigenvalue weighted by molar-refractivity contribution is 1.57. The van der Waals surface area contributed by atoms with Gasteiger partial charge in [-0.25, -0.2) is 0 Å². The van der Waals surface area contributed by atoms with Crippen LogP contribution < -0.4 is 10.4 Å². The average molecular weight is 128 g/mol. The summed E-state index contributed by atoms with van der Waals surface area (Å²) < 4.78 is 0. The van der Waals surface area contributed by atoms with E-state index in [0.717, 1.165) is 16.0 Å². The van der Waals surface area contributed by atoms with Crippen LogP contribution in [-0.2, 0) is 0 Å². The van der Waals surface area contributed by atoms with Crippen molar-refractivity contribution < 1.29 is 0 Å². The topological polar surface area (TPSA) is 0 Å². The van der Waals surface area contributed by atoms with Crippen LogP contribution >= 0.6 is 0 Å². The third-order valence-electron chi connectivity index (χ3n) is 1.93. The van der Waals surface area contributed by atoms with Gasteiger partial charge in [-0.1, -0.05) is 19.7 Å². The zero-order valence-corrected chi connectivity index (χ0v) is 5.78. The van der Waals surface area contributed by atoms with Gasteiger partial charge in [0.2, 0.25) is 0 Å². The summed E-state index contributed by atoms with van der Waals surface area (Å²) in [4.78, 5) is 0. The molecule has 0 heteroatoms.